The molecule has 51 heteroatoms. The summed E-state index contributed by atoms with van der Waals surface area (Å²) in [4.78, 5) is 0. The van der Waals surface area contributed by atoms with Crippen molar-refractivity contribution in [1.29, 1.82) is 0 Å². The van der Waals surface area contributed by atoms with Gasteiger partial charge in [0, 0.05) is 0 Å². The molecule has 63 heavy (non-hydrogen) atoms. The van der Waals surface area contributed by atoms with Crippen molar-refractivity contribution in [3.05, 3.63) is 0 Å². The molecule has 0 aliphatic carbocycles. The number of rotatable bonds is 21. The molecule has 35 nitrogen and oxygen atoms in total. The molecule has 0 bridgehead atoms. The molecule has 328 valence electrons. The summed E-state index contributed by atoms with van der Waals surface area (Å²) in [6, 6.07) is 0. The quantitative estimate of drug-likeness (QED) is 0.0585. The Hall–Kier alpha value is 11.9. The maximum atomic E-state index is 11.9. The molecule has 9 atom stereocenters. The molecule has 2 heterocycles. The first-order valence-corrected chi connectivity index (χ1v) is 22.3. The van der Waals surface area contributed by atoms with Crippen LogP contribution in [0, 0.1) is 0 Å². The Bertz CT molecular complexity index is 2590. The maximum Gasteiger partial charge on any atom is 1.00 e. The van der Waals surface area contributed by atoms with Gasteiger partial charge in [-0.1, -0.05) is 0 Å². The Morgan fingerprint density at radius 1 is 0.413 bits per heavy atom. The van der Waals surface area contributed by atoms with Crippen LogP contribution in [0.5, 0.6) is 0 Å². The van der Waals surface area contributed by atoms with Crippen LogP contribution < -0.4 is 411 Å². The zero-order valence-electron chi connectivity index (χ0n) is 38.2. The van der Waals surface area contributed by atoms with Gasteiger partial charge in [-0.3, -0.25) is 33.5 Å². The Kier molecular flexibility index (Phi) is 43.3. The maximum absolute atomic E-state index is 11.9. The number of hydrogen-bond donors (Lipinski definition) is 0. The predicted molar refractivity (Wildman–Crippen MR) is 137 cm³/mol. The first-order chi connectivity index (χ1) is 26.4. The van der Waals surface area contributed by atoms with E-state index in [1.54, 1.807) is 0 Å². The summed E-state index contributed by atoms with van der Waals surface area (Å²) in [6.45, 7) is -15.4. The molecule has 2 fully saturated rings. The molecule has 0 N–H and O–H groups in total. The molecular weight excluding hydrogens is 1270 g/mol. The third kappa shape index (κ3) is 38.3. The fraction of sp³-hybridized carbons (Fsp3) is 1.00. The molecule has 2 rings (SSSR count). The summed E-state index contributed by atoms with van der Waals surface area (Å²) in [5.41, 5.74) is 0. The van der Waals surface area contributed by atoms with Crippen LogP contribution in [0.15, 0.2) is 0 Å². The summed E-state index contributed by atoms with van der Waals surface area (Å²) >= 11 is 0. The Balaban J connectivity index is -0.000000961. The first-order valence-electron chi connectivity index (χ1n) is 14.6. The van der Waals surface area contributed by atoms with Gasteiger partial charge in [-0.2, -0.15) is 0 Å². The molecule has 0 aromatic heterocycles. The van der Waals surface area contributed by atoms with Gasteiger partial charge in [0.05, 0.1) is 21.3 Å². The second-order valence-corrected chi connectivity index (χ2v) is 16.9. The van der Waals surface area contributed by atoms with E-state index >= 15 is 0 Å². The smallest absolute Gasteiger partial charge is 0.726 e. The minimum atomic E-state index is -7.02. The summed E-state index contributed by atoms with van der Waals surface area (Å²) in [7, 11) is -54.7. The predicted octanol–water partition coefficient (Wildman–Crippen LogP) is -33.5. The van der Waals surface area contributed by atoms with E-state index in [4.69, 9.17) is 8.22 Å². The minimum Gasteiger partial charge on any atom is -0.726 e. The molecule has 0 aromatic carbocycles. The van der Waals surface area contributed by atoms with Crippen molar-refractivity contribution in [2.45, 2.75) is 54.8 Å². The van der Waals surface area contributed by atoms with Gasteiger partial charge >= 0.3 is 411 Å². The molecule has 2 aliphatic heterocycles. The Labute approximate surface area is 708 Å². The number of hydrogen-bond acceptors (Lipinski definition) is 35. The molecule has 0 amide bonds. The van der Waals surface area contributed by atoms with Gasteiger partial charge in [0.1, 0.15) is 37.1 Å². The zero-order valence-corrected chi connectivity index (χ0v) is 63.7. The van der Waals surface area contributed by atoms with Crippen molar-refractivity contribution in [2.24, 2.45) is 0 Å². The van der Waals surface area contributed by atoms with Gasteiger partial charge in [-0.05, 0) is 0 Å². The third-order valence-electron chi connectivity index (χ3n) is 5.02. The van der Waals surface area contributed by atoms with Crippen molar-refractivity contribution < 1.29 is 571 Å². The van der Waals surface area contributed by atoms with Crippen LogP contribution in [-0.4, -0.2) is 178 Å². The first kappa shape index (κ1) is 74.9. The van der Waals surface area contributed by atoms with Crippen LogP contribution in [-0.2, 0) is 131 Å². The molecule has 0 saturated carbocycles. The van der Waals surface area contributed by atoms with E-state index < -0.39 is 158 Å². The average Bonchev–Trinajstić information content (AvgIpc) is 3.18. The minimum absolute atomic E-state index is 0. The van der Waals surface area contributed by atoms with E-state index in [1.165, 1.54) is 0 Å². The zero-order chi connectivity index (χ0) is 48.4. The summed E-state index contributed by atoms with van der Waals surface area (Å²) in [5, 5.41) is 0. The van der Waals surface area contributed by atoms with Crippen LogP contribution in [0.3, 0.4) is 0 Å². The average molecular weight is 1290 g/mol. The van der Waals surface area contributed by atoms with Crippen molar-refractivity contribution in [3.63, 3.8) is 0 Å². The van der Waals surface area contributed by atoms with E-state index in [0.29, 0.717) is 0 Å². The molecule has 2 saturated heterocycles. The number of ether oxygens (including phenoxy) is 3. The van der Waals surface area contributed by atoms with E-state index in [1.807, 2.05) is 0 Å². The topological polar surface area (TPSA) is 559 Å². The van der Waals surface area contributed by atoms with Gasteiger partial charge in [-0.25, -0.2) is 67.3 Å². The van der Waals surface area contributed by atoms with Gasteiger partial charge < -0.3 is 50.6 Å². The van der Waals surface area contributed by atoms with E-state index in [-0.39, 0.29) is 411 Å². The molecule has 2 aliphatic rings. The standard InChI is InChI=1S/C12H22O35S8.8K/c13-48(14,15)37-1-4-6(43-51(22,23)24)8(45-53(28,29)30)9(46-54(31,32)33)11(40-4)42-12(3-39-50(19,20)21)10(47-55(34,35)36)7(44-52(25,26)27)5(41-12)2-38-49(16,17)18;;;;;;;;/h4-11H,1-3H2,(H,13,14,15)(H,16,17,18)(H,19,20,21)(H,22,23,24)(H,25,26,27)(H,28,29,30)(H,31,32,33)(H,34,35,36);;;;;;;;/q;8*+1/p-8/t4-,5-,6-,7-,8+,9-,10+,11?,12+;;;;;;;;/m1......../s1/i1D2,2D2,3D2;;;;;;;;. The van der Waals surface area contributed by atoms with Crippen LogP contribution >= 0.6 is 0 Å². The Morgan fingerprint density at radius 2 is 0.730 bits per heavy atom. The Morgan fingerprint density at radius 3 is 1.08 bits per heavy atom. The van der Waals surface area contributed by atoms with Crippen molar-refractivity contribution in [3.8, 4) is 0 Å². The van der Waals surface area contributed by atoms with Crippen LogP contribution in [0.2, 0.25) is 0 Å². The van der Waals surface area contributed by atoms with Gasteiger partial charge in [-0.15, -0.1) is 0 Å². The fourth-order valence-corrected chi connectivity index (χ4v) is 6.75. The summed E-state index contributed by atoms with van der Waals surface area (Å²) in [6.07, 6.45) is -33.6. The van der Waals surface area contributed by atoms with Crippen LogP contribution in [0.25, 0.3) is 0 Å². The van der Waals surface area contributed by atoms with Crippen molar-refractivity contribution in [2.75, 3.05) is 19.7 Å². The molecule has 0 spiro atoms. The molecule has 0 radical (unpaired) electrons. The second-order valence-electron chi connectivity index (χ2n) is 8.86. The monoisotopic (exact) mass is 1290 g/mol. The fourth-order valence-electron chi connectivity index (χ4n) is 3.69. The van der Waals surface area contributed by atoms with Crippen LogP contribution in [0.4, 0.5) is 0 Å². The van der Waals surface area contributed by atoms with E-state index in [9.17, 15) is 104 Å². The van der Waals surface area contributed by atoms with E-state index in [2.05, 4.69) is 47.7 Å². The second kappa shape index (κ2) is 36.4. The molecule has 0 aromatic rings. The van der Waals surface area contributed by atoms with E-state index in [0.717, 1.165) is 0 Å². The van der Waals surface area contributed by atoms with Crippen LogP contribution in [0.1, 0.15) is 8.22 Å². The normalized spacial score (nSPS) is 28.9. The summed E-state index contributed by atoms with van der Waals surface area (Å²) < 4.78 is 369. The largest absolute Gasteiger partial charge is 1.00 e. The van der Waals surface area contributed by atoms with Gasteiger partial charge in [0.25, 0.3) is 0 Å². The van der Waals surface area contributed by atoms with Crippen molar-refractivity contribution in [1.82, 2.24) is 0 Å². The van der Waals surface area contributed by atoms with Gasteiger partial charge in [0.15, 0.2) is 18.5 Å². The molecular formula is C12H14K8O35S8. The summed E-state index contributed by atoms with van der Waals surface area (Å²) in [5.74, 6) is -5.51. The molecule has 1 unspecified atom stereocenters. The van der Waals surface area contributed by atoms with Crippen molar-refractivity contribution >= 4 is 83.2 Å². The van der Waals surface area contributed by atoms with Gasteiger partial charge in [0.2, 0.25) is 89.0 Å². The third-order valence-corrected chi connectivity index (χ3v) is 8.18. The SMILES string of the molecule is [2H]C([2H])(OS(=O)(=O)[O-])[C@H]1O[C@](OC2O[C@H](C([2H])([2H])OS(=O)(=O)[O-])[C@@H](OS(=O)(=O)[O-])[C@H](OS(=O)(=O)[O-])[C@H]2OS(=O)(=O)[O-])(C([2H])([2H])OS(=O)(=O)[O-])[C@@H](OS(=O)(=O)[O-])[C@@H]1OS(=O)(=O)[O-].[K+].[K+].[K+].[K+].[K+].[K+].[K+].[K+].